The third-order valence-corrected chi connectivity index (χ3v) is 5.37. The molecule has 27 heavy (non-hydrogen) atoms. The van der Waals surface area contributed by atoms with Crippen molar-refractivity contribution in [3.63, 3.8) is 0 Å². The van der Waals surface area contributed by atoms with Gasteiger partial charge in [-0.3, -0.25) is 4.79 Å². The molecule has 0 aliphatic heterocycles. The van der Waals surface area contributed by atoms with E-state index < -0.39 is 0 Å². The smallest absolute Gasteiger partial charge is 0.276 e. The summed E-state index contributed by atoms with van der Waals surface area (Å²) in [6, 6.07) is 12.7. The van der Waals surface area contributed by atoms with Gasteiger partial charge in [-0.25, -0.2) is 4.40 Å². The molecule has 0 saturated heterocycles. The highest BCUT2D eigenvalue weighted by Crippen LogP contribution is 2.31. The van der Waals surface area contributed by atoms with Gasteiger partial charge in [0.05, 0.1) is 23.8 Å². The monoisotopic (exact) mass is 399 g/mol. The molecule has 0 radical (unpaired) electrons. The zero-order chi connectivity index (χ0) is 19.0. The predicted octanol–water partition coefficient (Wildman–Crippen LogP) is 3.04. The predicted molar refractivity (Wildman–Crippen MR) is 106 cm³/mol. The van der Waals surface area contributed by atoms with Crippen LogP contribution in [0.25, 0.3) is 22.4 Å². The van der Waals surface area contributed by atoms with Crippen molar-refractivity contribution in [2.24, 2.45) is 0 Å². The number of hydrogen-bond donors (Lipinski definition) is 0. The van der Waals surface area contributed by atoms with Gasteiger partial charge >= 0.3 is 0 Å². The molecule has 0 aliphatic rings. The molecule has 0 N–H and O–H groups in total. The average molecular weight is 400 g/mol. The number of ether oxygens (including phenoxy) is 2. The van der Waals surface area contributed by atoms with E-state index in [0.29, 0.717) is 37.4 Å². The first-order chi connectivity index (χ1) is 13.1. The molecule has 4 aromatic rings. The van der Waals surface area contributed by atoms with E-state index in [-0.39, 0.29) is 5.56 Å². The summed E-state index contributed by atoms with van der Waals surface area (Å²) in [5.41, 5.74) is 1.19. The van der Waals surface area contributed by atoms with Gasteiger partial charge in [0, 0.05) is 11.1 Å². The standard InChI is InChI=1S/C19H14ClN3O3S/c1-25-14-9-5-6-11(16(14)26-2)10-15-18(24)23-17(21-22-19(23)27-15)12-7-3-4-8-13(12)20/h3-10H,1-2H3. The van der Waals surface area contributed by atoms with Gasteiger partial charge in [0.15, 0.2) is 17.3 Å². The summed E-state index contributed by atoms with van der Waals surface area (Å²) < 4.78 is 12.7. The summed E-state index contributed by atoms with van der Waals surface area (Å²) in [6.07, 6.45) is 1.76. The van der Waals surface area contributed by atoms with E-state index in [0.717, 1.165) is 5.56 Å². The van der Waals surface area contributed by atoms with Gasteiger partial charge in [-0.15, -0.1) is 10.2 Å². The zero-order valence-corrected chi connectivity index (χ0v) is 16.0. The number of aromatic nitrogens is 3. The molecule has 2 aromatic heterocycles. The fourth-order valence-corrected chi connectivity index (χ4v) is 3.97. The molecule has 0 amide bonds. The van der Waals surface area contributed by atoms with Crippen molar-refractivity contribution in [3.8, 4) is 22.9 Å². The number of methoxy groups -OCH3 is 2. The summed E-state index contributed by atoms with van der Waals surface area (Å²) in [6.45, 7) is 0. The van der Waals surface area contributed by atoms with E-state index in [1.807, 2.05) is 30.3 Å². The first kappa shape index (κ1) is 17.5. The van der Waals surface area contributed by atoms with Crippen LogP contribution in [-0.4, -0.2) is 28.8 Å². The molecule has 0 bridgehead atoms. The Morgan fingerprint density at radius 3 is 2.63 bits per heavy atom. The fraction of sp³-hybridized carbons (Fsp3) is 0.105. The van der Waals surface area contributed by atoms with Gasteiger partial charge < -0.3 is 9.47 Å². The van der Waals surface area contributed by atoms with Gasteiger partial charge in [0.2, 0.25) is 4.96 Å². The number of hydrogen-bond acceptors (Lipinski definition) is 6. The van der Waals surface area contributed by atoms with E-state index in [1.165, 1.54) is 15.7 Å². The molecular formula is C19H14ClN3O3S. The SMILES string of the molecule is COc1cccc(C=c2sc3nnc(-c4ccccc4Cl)n3c2=O)c1OC. The molecule has 8 heteroatoms. The third-order valence-electron chi connectivity index (χ3n) is 4.08. The molecule has 0 saturated carbocycles. The zero-order valence-electron chi connectivity index (χ0n) is 14.5. The maximum atomic E-state index is 13.0. The summed E-state index contributed by atoms with van der Waals surface area (Å²) >= 11 is 7.51. The van der Waals surface area contributed by atoms with Crippen LogP contribution in [0.4, 0.5) is 0 Å². The van der Waals surface area contributed by atoms with Crippen LogP contribution in [0, 0.1) is 0 Å². The first-order valence-corrected chi connectivity index (χ1v) is 9.19. The summed E-state index contributed by atoms with van der Waals surface area (Å²) in [4.78, 5) is 13.5. The largest absolute Gasteiger partial charge is 0.493 e. The Labute approximate surface area is 163 Å². The van der Waals surface area contributed by atoms with Gasteiger partial charge in [-0.2, -0.15) is 0 Å². The molecule has 136 valence electrons. The van der Waals surface area contributed by atoms with Gasteiger partial charge in [-0.05, 0) is 24.3 Å². The Morgan fingerprint density at radius 1 is 1.07 bits per heavy atom. The lowest BCUT2D eigenvalue weighted by molar-refractivity contribution is 0.354. The maximum Gasteiger partial charge on any atom is 0.276 e. The lowest BCUT2D eigenvalue weighted by atomic mass is 10.2. The van der Waals surface area contributed by atoms with Gasteiger partial charge in [0.25, 0.3) is 5.56 Å². The number of rotatable bonds is 4. The fourth-order valence-electron chi connectivity index (χ4n) is 2.85. The maximum absolute atomic E-state index is 13.0. The number of halogens is 1. The number of nitrogens with zero attached hydrogens (tertiary/aromatic N) is 3. The van der Waals surface area contributed by atoms with Crippen LogP contribution in [0.15, 0.2) is 47.3 Å². The third kappa shape index (κ3) is 2.94. The average Bonchev–Trinajstić information content (AvgIpc) is 3.22. The molecule has 0 fully saturated rings. The van der Waals surface area contributed by atoms with Gasteiger partial charge in [-0.1, -0.05) is 47.2 Å². The Bertz CT molecular complexity index is 1250. The Hall–Kier alpha value is -2.90. The first-order valence-electron chi connectivity index (χ1n) is 7.99. The number of thiazole rings is 1. The molecular weight excluding hydrogens is 386 g/mol. The van der Waals surface area contributed by atoms with Crippen LogP contribution in [0.3, 0.4) is 0 Å². The van der Waals surface area contributed by atoms with Crippen LogP contribution in [0.5, 0.6) is 11.5 Å². The highest BCUT2D eigenvalue weighted by molar-refractivity contribution is 7.15. The van der Waals surface area contributed by atoms with Crippen molar-refractivity contribution < 1.29 is 9.47 Å². The number of benzene rings is 2. The van der Waals surface area contributed by atoms with Crippen LogP contribution in [0.2, 0.25) is 5.02 Å². The number of para-hydroxylation sites is 1. The van der Waals surface area contributed by atoms with Crippen LogP contribution < -0.4 is 19.6 Å². The topological polar surface area (TPSA) is 65.7 Å². The minimum absolute atomic E-state index is 0.209. The highest BCUT2D eigenvalue weighted by Gasteiger charge is 2.16. The van der Waals surface area contributed by atoms with Crippen LogP contribution in [0.1, 0.15) is 5.56 Å². The van der Waals surface area contributed by atoms with Crippen molar-refractivity contribution in [1.29, 1.82) is 0 Å². The highest BCUT2D eigenvalue weighted by atomic mass is 35.5. The molecule has 2 aromatic carbocycles. The van der Waals surface area contributed by atoms with E-state index >= 15 is 0 Å². The van der Waals surface area contributed by atoms with Crippen molar-refractivity contribution in [1.82, 2.24) is 14.6 Å². The summed E-state index contributed by atoms with van der Waals surface area (Å²) in [5.74, 6) is 1.59. The molecule has 2 heterocycles. The van der Waals surface area contributed by atoms with E-state index in [4.69, 9.17) is 21.1 Å². The van der Waals surface area contributed by atoms with E-state index in [1.54, 1.807) is 32.4 Å². The molecule has 0 spiro atoms. The van der Waals surface area contributed by atoms with E-state index in [2.05, 4.69) is 10.2 Å². The molecule has 0 unspecified atom stereocenters. The van der Waals surface area contributed by atoms with Crippen molar-refractivity contribution in [2.45, 2.75) is 0 Å². The minimum atomic E-state index is -0.209. The van der Waals surface area contributed by atoms with Gasteiger partial charge in [0.1, 0.15) is 0 Å². The molecule has 4 rings (SSSR count). The van der Waals surface area contributed by atoms with Crippen molar-refractivity contribution >= 4 is 34.0 Å². The second-order valence-corrected chi connectivity index (χ2v) is 7.04. The lowest BCUT2D eigenvalue weighted by Gasteiger charge is -2.09. The molecule has 6 nitrogen and oxygen atoms in total. The summed E-state index contributed by atoms with van der Waals surface area (Å²) in [7, 11) is 3.13. The van der Waals surface area contributed by atoms with Crippen LogP contribution in [-0.2, 0) is 0 Å². The van der Waals surface area contributed by atoms with Crippen molar-refractivity contribution in [3.05, 3.63) is 67.9 Å². The second-order valence-electron chi connectivity index (χ2n) is 5.62. The summed E-state index contributed by atoms with van der Waals surface area (Å²) in [5, 5.41) is 8.78. The Balaban J connectivity index is 1.94. The quantitative estimate of drug-likeness (QED) is 0.527. The van der Waals surface area contributed by atoms with E-state index in [9.17, 15) is 4.79 Å². The lowest BCUT2D eigenvalue weighted by Crippen LogP contribution is -2.23. The molecule has 0 aliphatic carbocycles. The number of fused-ring (bicyclic) bond motifs is 1. The van der Waals surface area contributed by atoms with Crippen molar-refractivity contribution in [2.75, 3.05) is 14.2 Å². The minimum Gasteiger partial charge on any atom is -0.493 e. The normalized spacial score (nSPS) is 11.9. The van der Waals surface area contributed by atoms with Crippen LogP contribution >= 0.6 is 22.9 Å². The Morgan fingerprint density at radius 2 is 1.89 bits per heavy atom. The second kappa shape index (κ2) is 7.02. The molecule has 0 atom stereocenters. The Kier molecular flexibility index (Phi) is 4.55.